The third-order valence-corrected chi connectivity index (χ3v) is 3.46. The molecule has 0 spiro atoms. The normalized spacial score (nSPS) is 10.4. The van der Waals surface area contributed by atoms with Crippen molar-refractivity contribution in [2.45, 2.75) is 27.2 Å². The zero-order chi connectivity index (χ0) is 13.1. The smallest absolute Gasteiger partial charge is 0.229 e. The van der Waals surface area contributed by atoms with Crippen LogP contribution >= 0.6 is 11.3 Å². The Balaban J connectivity index is 2.32. The van der Waals surface area contributed by atoms with Crippen molar-refractivity contribution in [3.63, 3.8) is 0 Å². The van der Waals surface area contributed by atoms with Crippen LogP contribution in [-0.4, -0.2) is 20.9 Å². The monoisotopic (exact) mass is 262 g/mol. The van der Waals surface area contributed by atoms with Crippen LogP contribution in [-0.2, 0) is 4.79 Å². The number of hydrogen-bond acceptors (Lipinski definition) is 5. The zero-order valence-electron chi connectivity index (χ0n) is 10.5. The predicted octanol–water partition coefficient (Wildman–Crippen LogP) is 2.57. The number of amides is 1. The van der Waals surface area contributed by atoms with Crippen LogP contribution in [0.2, 0.25) is 0 Å². The molecule has 0 saturated heterocycles. The number of anilines is 1. The van der Waals surface area contributed by atoms with E-state index in [9.17, 15) is 4.79 Å². The lowest BCUT2D eigenvalue weighted by atomic mass is 10.3. The average molecular weight is 262 g/mol. The van der Waals surface area contributed by atoms with Gasteiger partial charge in [-0.1, -0.05) is 6.92 Å². The number of thiazole rings is 1. The Labute approximate surface area is 109 Å². The van der Waals surface area contributed by atoms with Gasteiger partial charge >= 0.3 is 0 Å². The fourth-order valence-electron chi connectivity index (χ4n) is 1.53. The highest BCUT2D eigenvalue weighted by atomic mass is 32.1. The van der Waals surface area contributed by atoms with Gasteiger partial charge in [-0.05, 0) is 19.9 Å². The third kappa shape index (κ3) is 2.70. The molecular formula is C12H14N4OS. The van der Waals surface area contributed by atoms with Gasteiger partial charge in [-0.25, -0.2) is 15.0 Å². The van der Waals surface area contributed by atoms with Gasteiger partial charge in [-0.2, -0.15) is 0 Å². The largest absolute Gasteiger partial charge is 0.295 e. The molecule has 0 fully saturated rings. The minimum Gasteiger partial charge on any atom is -0.295 e. The van der Waals surface area contributed by atoms with Crippen molar-refractivity contribution in [1.29, 1.82) is 0 Å². The zero-order valence-corrected chi connectivity index (χ0v) is 11.3. The lowest BCUT2D eigenvalue weighted by Crippen LogP contribution is -2.12. The number of nitrogens with zero attached hydrogens (tertiary/aromatic N) is 3. The van der Waals surface area contributed by atoms with E-state index in [1.807, 2.05) is 19.9 Å². The molecule has 5 nitrogen and oxygen atoms in total. The molecule has 0 aliphatic rings. The van der Waals surface area contributed by atoms with Crippen molar-refractivity contribution >= 4 is 23.2 Å². The molecule has 0 saturated carbocycles. The maximum absolute atomic E-state index is 11.3. The van der Waals surface area contributed by atoms with Crippen molar-refractivity contribution < 1.29 is 4.79 Å². The summed E-state index contributed by atoms with van der Waals surface area (Å²) in [7, 11) is 0. The van der Waals surface area contributed by atoms with E-state index in [2.05, 4.69) is 20.3 Å². The summed E-state index contributed by atoms with van der Waals surface area (Å²) in [5, 5.41) is 3.65. The molecule has 2 aromatic heterocycles. The van der Waals surface area contributed by atoms with Gasteiger partial charge in [-0.15, -0.1) is 11.3 Å². The molecule has 0 radical (unpaired) electrons. The molecule has 2 aromatic rings. The second kappa shape index (κ2) is 5.22. The van der Waals surface area contributed by atoms with E-state index in [1.54, 1.807) is 24.5 Å². The maximum Gasteiger partial charge on any atom is 0.229 e. The molecule has 0 aliphatic heterocycles. The van der Waals surface area contributed by atoms with Gasteiger partial charge in [0.05, 0.1) is 21.3 Å². The van der Waals surface area contributed by atoms with Crippen LogP contribution in [0.3, 0.4) is 0 Å². The van der Waals surface area contributed by atoms with Gasteiger partial charge in [0.15, 0.2) is 0 Å². The van der Waals surface area contributed by atoms with Crippen molar-refractivity contribution in [2.75, 3.05) is 5.32 Å². The molecule has 94 valence electrons. The van der Waals surface area contributed by atoms with Crippen molar-refractivity contribution in [1.82, 2.24) is 15.0 Å². The lowest BCUT2D eigenvalue weighted by Gasteiger charge is -2.03. The average Bonchev–Trinajstić information content (AvgIpc) is 2.68. The van der Waals surface area contributed by atoms with Crippen molar-refractivity contribution in [2.24, 2.45) is 0 Å². The van der Waals surface area contributed by atoms with Gasteiger partial charge in [0.1, 0.15) is 0 Å². The van der Waals surface area contributed by atoms with Crippen LogP contribution in [0.15, 0.2) is 12.3 Å². The quantitative estimate of drug-likeness (QED) is 0.923. The topological polar surface area (TPSA) is 67.8 Å². The number of aryl methyl sites for hydroxylation is 2. The van der Waals surface area contributed by atoms with E-state index >= 15 is 0 Å². The number of aromatic nitrogens is 3. The summed E-state index contributed by atoms with van der Waals surface area (Å²) in [4.78, 5) is 25.0. The molecule has 1 amide bonds. The van der Waals surface area contributed by atoms with Gasteiger partial charge in [-0.3, -0.25) is 10.1 Å². The fraction of sp³-hybridized carbons (Fsp3) is 0.333. The Bertz CT molecular complexity index is 579. The van der Waals surface area contributed by atoms with Gasteiger partial charge in [0.25, 0.3) is 0 Å². The highest BCUT2D eigenvalue weighted by Gasteiger charge is 2.10. The van der Waals surface area contributed by atoms with Gasteiger partial charge < -0.3 is 0 Å². The first-order valence-electron chi connectivity index (χ1n) is 5.67. The summed E-state index contributed by atoms with van der Waals surface area (Å²) in [6, 6.07) is 1.82. The van der Waals surface area contributed by atoms with Gasteiger partial charge in [0, 0.05) is 12.6 Å². The molecule has 0 unspecified atom stereocenters. The molecule has 0 aromatic carbocycles. The summed E-state index contributed by atoms with van der Waals surface area (Å²) in [5.41, 5.74) is 1.74. The van der Waals surface area contributed by atoms with Crippen molar-refractivity contribution in [3.05, 3.63) is 23.0 Å². The van der Waals surface area contributed by atoms with Crippen LogP contribution in [0.4, 0.5) is 5.95 Å². The van der Waals surface area contributed by atoms with E-state index in [0.29, 0.717) is 12.4 Å². The standard InChI is InChI=1S/C12H14N4OS/c1-4-10(17)16-12-13-6-5-9(15-12)11-7(2)14-8(3)18-11/h5-6H,4H2,1-3H3,(H,13,15,16,17). The summed E-state index contributed by atoms with van der Waals surface area (Å²) in [6.45, 7) is 5.70. The second-order valence-corrected chi connectivity index (χ2v) is 5.02. The SMILES string of the molecule is CCC(=O)Nc1nccc(-c2sc(C)nc2C)n1. The summed E-state index contributed by atoms with van der Waals surface area (Å²) < 4.78 is 0. The Morgan fingerprint density at radius 3 is 2.78 bits per heavy atom. The molecule has 2 heterocycles. The van der Waals surface area contributed by atoms with Crippen molar-refractivity contribution in [3.8, 4) is 10.6 Å². The molecule has 6 heteroatoms. The van der Waals surface area contributed by atoms with E-state index in [1.165, 1.54) is 0 Å². The molecule has 18 heavy (non-hydrogen) atoms. The Morgan fingerprint density at radius 1 is 1.39 bits per heavy atom. The summed E-state index contributed by atoms with van der Waals surface area (Å²) >= 11 is 1.59. The third-order valence-electron chi connectivity index (χ3n) is 2.36. The molecule has 0 bridgehead atoms. The minimum atomic E-state index is -0.0932. The molecule has 0 aliphatic carbocycles. The van der Waals surface area contributed by atoms with E-state index < -0.39 is 0 Å². The van der Waals surface area contributed by atoms with Gasteiger partial charge in [0.2, 0.25) is 11.9 Å². The highest BCUT2D eigenvalue weighted by Crippen LogP contribution is 2.28. The van der Waals surface area contributed by atoms with E-state index in [-0.39, 0.29) is 5.91 Å². The Hall–Kier alpha value is -1.82. The first-order valence-corrected chi connectivity index (χ1v) is 6.49. The Kier molecular flexibility index (Phi) is 3.66. The maximum atomic E-state index is 11.3. The number of rotatable bonds is 3. The molecule has 0 atom stereocenters. The molecule has 1 N–H and O–H groups in total. The van der Waals surface area contributed by atoms with E-state index in [4.69, 9.17) is 0 Å². The van der Waals surface area contributed by atoms with E-state index in [0.717, 1.165) is 21.3 Å². The molecular weight excluding hydrogens is 248 g/mol. The Morgan fingerprint density at radius 2 is 2.17 bits per heavy atom. The fourth-order valence-corrected chi connectivity index (χ4v) is 2.42. The second-order valence-electron chi connectivity index (χ2n) is 3.81. The highest BCUT2D eigenvalue weighted by molar-refractivity contribution is 7.15. The number of carbonyl (C=O) groups is 1. The first kappa shape index (κ1) is 12.6. The van der Waals surface area contributed by atoms with Crippen LogP contribution in [0.25, 0.3) is 10.6 Å². The lowest BCUT2D eigenvalue weighted by molar-refractivity contribution is -0.115. The van der Waals surface area contributed by atoms with Crippen LogP contribution < -0.4 is 5.32 Å². The number of carbonyl (C=O) groups excluding carboxylic acids is 1. The van der Waals surface area contributed by atoms with Crippen LogP contribution in [0.1, 0.15) is 24.0 Å². The van der Waals surface area contributed by atoms with Crippen LogP contribution in [0.5, 0.6) is 0 Å². The predicted molar refractivity (Wildman–Crippen MR) is 71.5 cm³/mol. The number of hydrogen-bond donors (Lipinski definition) is 1. The summed E-state index contributed by atoms with van der Waals surface area (Å²) in [6.07, 6.45) is 2.05. The van der Waals surface area contributed by atoms with Crippen LogP contribution in [0, 0.1) is 13.8 Å². The molecule has 2 rings (SSSR count). The summed E-state index contributed by atoms with van der Waals surface area (Å²) in [5.74, 6) is 0.245. The minimum absolute atomic E-state index is 0.0932. The number of nitrogens with one attached hydrogen (secondary N) is 1. The first-order chi connectivity index (χ1) is 8.60.